The van der Waals surface area contributed by atoms with E-state index in [1.807, 2.05) is 12.1 Å². The molecule has 33 heavy (non-hydrogen) atoms. The quantitative estimate of drug-likeness (QED) is 0.473. The van der Waals surface area contributed by atoms with E-state index in [1.54, 1.807) is 62.6 Å². The van der Waals surface area contributed by atoms with Gasteiger partial charge in [-0.1, -0.05) is 12.1 Å². The Balaban J connectivity index is 1.51. The molecule has 166 valence electrons. The lowest BCUT2D eigenvalue weighted by molar-refractivity contribution is -0.119. The van der Waals surface area contributed by atoms with Gasteiger partial charge in [-0.3, -0.25) is 14.4 Å². The minimum Gasteiger partial charge on any atom is -0.497 e. The zero-order valence-corrected chi connectivity index (χ0v) is 18.0. The molecule has 0 saturated heterocycles. The van der Waals surface area contributed by atoms with Crippen molar-refractivity contribution in [2.75, 3.05) is 12.4 Å². The van der Waals surface area contributed by atoms with Crippen LogP contribution in [0.3, 0.4) is 0 Å². The molecule has 4 aromatic rings. The number of amides is 1. The Morgan fingerprint density at radius 3 is 2.18 bits per heavy atom. The first-order valence-electron chi connectivity index (χ1n) is 10.2. The lowest BCUT2D eigenvalue weighted by Crippen LogP contribution is -2.33. The van der Waals surface area contributed by atoms with Crippen LogP contribution >= 0.6 is 0 Å². The number of aromatic amines is 1. The summed E-state index contributed by atoms with van der Waals surface area (Å²) >= 11 is 0. The van der Waals surface area contributed by atoms with Crippen molar-refractivity contribution < 1.29 is 9.53 Å². The van der Waals surface area contributed by atoms with Gasteiger partial charge in [0.15, 0.2) is 0 Å². The highest BCUT2D eigenvalue weighted by Gasteiger charge is 2.18. The lowest BCUT2D eigenvalue weighted by Gasteiger charge is -2.15. The number of hydrogen-bond acceptors (Lipinski definition) is 6. The highest BCUT2D eigenvalue weighted by molar-refractivity contribution is 5.93. The highest BCUT2D eigenvalue weighted by Crippen LogP contribution is 2.21. The molecule has 0 spiro atoms. The van der Waals surface area contributed by atoms with Gasteiger partial charge in [0, 0.05) is 28.9 Å². The van der Waals surface area contributed by atoms with Crippen LogP contribution < -0.4 is 21.2 Å². The minimum atomic E-state index is -0.837. The van der Waals surface area contributed by atoms with Crippen LogP contribution in [0.4, 0.5) is 5.69 Å². The number of H-pyrrole nitrogens is 1. The molecule has 0 bridgehead atoms. The second-order valence-corrected chi connectivity index (χ2v) is 7.28. The molecule has 2 heterocycles. The van der Waals surface area contributed by atoms with Crippen LogP contribution in [-0.4, -0.2) is 33.0 Å². The van der Waals surface area contributed by atoms with Crippen LogP contribution in [0.5, 0.6) is 5.75 Å². The van der Waals surface area contributed by atoms with E-state index in [9.17, 15) is 14.4 Å². The summed E-state index contributed by atoms with van der Waals surface area (Å²) in [6, 6.07) is 19.4. The van der Waals surface area contributed by atoms with E-state index in [0.717, 1.165) is 15.8 Å². The maximum absolute atomic E-state index is 12.8. The smallest absolute Gasteiger partial charge is 0.267 e. The fraction of sp³-hybridized carbons (Fsp3) is 0.125. The number of anilines is 1. The number of carbonyl (C=O) groups is 1. The Morgan fingerprint density at radius 1 is 0.909 bits per heavy atom. The SMILES string of the molecule is COc1ccc(-c2ccc(=O)n([C@H](C)C(=O)Nc3ccc(-c4ccc(=O)[nH]n4)cc3)n2)cc1. The van der Waals surface area contributed by atoms with E-state index < -0.39 is 6.04 Å². The zero-order valence-electron chi connectivity index (χ0n) is 18.0. The van der Waals surface area contributed by atoms with E-state index in [-0.39, 0.29) is 17.0 Å². The molecule has 0 aliphatic carbocycles. The maximum Gasteiger partial charge on any atom is 0.267 e. The Bertz CT molecular complexity index is 1370. The van der Waals surface area contributed by atoms with Crippen molar-refractivity contribution in [3.63, 3.8) is 0 Å². The highest BCUT2D eigenvalue weighted by atomic mass is 16.5. The predicted molar refractivity (Wildman–Crippen MR) is 124 cm³/mol. The van der Waals surface area contributed by atoms with Crippen molar-refractivity contribution in [1.82, 2.24) is 20.0 Å². The third-order valence-corrected chi connectivity index (χ3v) is 5.08. The number of nitrogens with one attached hydrogen (secondary N) is 2. The van der Waals surface area contributed by atoms with Crippen LogP contribution in [0.25, 0.3) is 22.5 Å². The van der Waals surface area contributed by atoms with Gasteiger partial charge in [-0.25, -0.2) is 9.78 Å². The molecule has 2 aromatic heterocycles. The van der Waals surface area contributed by atoms with E-state index in [4.69, 9.17) is 4.74 Å². The van der Waals surface area contributed by atoms with Gasteiger partial charge in [0.05, 0.1) is 18.5 Å². The summed E-state index contributed by atoms with van der Waals surface area (Å²) in [5.41, 5.74) is 2.64. The molecule has 9 heteroatoms. The number of aromatic nitrogens is 4. The summed E-state index contributed by atoms with van der Waals surface area (Å²) in [6.07, 6.45) is 0. The Morgan fingerprint density at radius 2 is 1.55 bits per heavy atom. The summed E-state index contributed by atoms with van der Waals surface area (Å²) in [4.78, 5) is 36.4. The van der Waals surface area contributed by atoms with Crippen molar-refractivity contribution in [3.05, 3.63) is 93.5 Å². The first-order chi connectivity index (χ1) is 15.9. The van der Waals surface area contributed by atoms with Gasteiger partial charge in [-0.15, -0.1) is 0 Å². The summed E-state index contributed by atoms with van der Waals surface area (Å²) in [6.45, 7) is 1.61. The Kier molecular flexibility index (Phi) is 6.12. The lowest BCUT2D eigenvalue weighted by atomic mass is 10.1. The zero-order chi connectivity index (χ0) is 23.4. The summed E-state index contributed by atoms with van der Waals surface area (Å²) < 4.78 is 6.33. The van der Waals surface area contributed by atoms with E-state index in [1.165, 1.54) is 12.1 Å². The molecule has 1 amide bonds. The van der Waals surface area contributed by atoms with Gasteiger partial charge in [0.25, 0.3) is 11.1 Å². The van der Waals surface area contributed by atoms with Crippen LogP contribution in [0.15, 0.2) is 82.4 Å². The molecule has 1 atom stereocenters. The number of carbonyl (C=O) groups excluding carboxylic acids is 1. The van der Waals surface area contributed by atoms with E-state index >= 15 is 0 Å². The van der Waals surface area contributed by atoms with Crippen molar-refractivity contribution in [2.45, 2.75) is 13.0 Å². The molecule has 9 nitrogen and oxygen atoms in total. The summed E-state index contributed by atoms with van der Waals surface area (Å²) in [5, 5.41) is 13.5. The van der Waals surface area contributed by atoms with E-state index in [2.05, 4.69) is 20.6 Å². The fourth-order valence-corrected chi connectivity index (χ4v) is 3.21. The fourth-order valence-electron chi connectivity index (χ4n) is 3.21. The normalized spacial score (nSPS) is 11.6. The summed E-state index contributed by atoms with van der Waals surface area (Å²) in [5.74, 6) is 0.327. The number of methoxy groups -OCH3 is 1. The second-order valence-electron chi connectivity index (χ2n) is 7.28. The van der Waals surface area contributed by atoms with Crippen LogP contribution in [0.2, 0.25) is 0 Å². The second kappa shape index (κ2) is 9.31. The minimum absolute atomic E-state index is 0.281. The molecule has 0 fully saturated rings. The molecule has 0 saturated carbocycles. The molecule has 2 aromatic carbocycles. The van der Waals surface area contributed by atoms with Gasteiger partial charge < -0.3 is 10.1 Å². The van der Waals surface area contributed by atoms with Crippen molar-refractivity contribution in [2.24, 2.45) is 0 Å². The molecule has 0 unspecified atom stereocenters. The monoisotopic (exact) mass is 443 g/mol. The average Bonchev–Trinajstić information content (AvgIpc) is 2.85. The molecule has 2 N–H and O–H groups in total. The first kappa shape index (κ1) is 21.7. The van der Waals surface area contributed by atoms with E-state index in [0.29, 0.717) is 22.8 Å². The molecular weight excluding hydrogens is 422 g/mol. The topological polar surface area (TPSA) is 119 Å². The van der Waals surface area contributed by atoms with Gasteiger partial charge in [0.2, 0.25) is 5.91 Å². The third kappa shape index (κ3) is 4.87. The average molecular weight is 443 g/mol. The maximum atomic E-state index is 12.8. The van der Waals surface area contributed by atoms with Crippen molar-refractivity contribution >= 4 is 11.6 Å². The Hall–Kier alpha value is -4.53. The molecule has 0 aliphatic heterocycles. The molecule has 0 radical (unpaired) electrons. The molecule has 4 rings (SSSR count). The number of hydrogen-bond donors (Lipinski definition) is 2. The largest absolute Gasteiger partial charge is 0.497 e. The number of rotatable bonds is 6. The number of benzene rings is 2. The van der Waals surface area contributed by atoms with Gasteiger partial charge in [0.1, 0.15) is 11.8 Å². The van der Waals surface area contributed by atoms with Gasteiger partial charge >= 0.3 is 0 Å². The van der Waals surface area contributed by atoms with Crippen LogP contribution in [-0.2, 0) is 4.79 Å². The predicted octanol–water partition coefficient (Wildman–Crippen LogP) is 2.87. The summed E-state index contributed by atoms with van der Waals surface area (Å²) in [7, 11) is 1.59. The van der Waals surface area contributed by atoms with Crippen molar-refractivity contribution in [1.29, 1.82) is 0 Å². The molecule has 0 aliphatic rings. The number of ether oxygens (including phenoxy) is 1. The van der Waals surface area contributed by atoms with Crippen molar-refractivity contribution in [3.8, 4) is 28.3 Å². The standard InChI is InChI=1S/C24H21N5O4/c1-15(29-23(31)14-12-21(28-29)17-5-9-19(33-2)10-6-17)24(32)25-18-7-3-16(4-8-18)20-11-13-22(30)27-26-20/h3-15H,1-2H3,(H,25,32)(H,27,30)/t15-/m1/s1. The third-order valence-electron chi connectivity index (χ3n) is 5.08. The van der Waals surface area contributed by atoms with Gasteiger partial charge in [-0.05, 0) is 55.5 Å². The first-order valence-corrected chi connectivity index (χ1v) is 10.2. The Labute approximate surface area is 188 Å². The molecular formula is C24H21N5O4. The van der Waals surface area contributed by atoms with Gasteiger partial charge in [-0.2, -0.15) is 10.2 Å². The van der Waals surface area contributed by atoms with Crippen LogP contribution in [0, 0.1) is 0 Å². The van der Waals surface area contributed by atoms with Crippen LogP contribution in [0.1, 0.15) is 13.0 Å². The number of nitrogens with zero attached hydrogens (tertiary/aromatic N) is 3.